The molecule has 0 spiro atoms. The van der Waals surface area contributed by atoms with Crippen LogP contribution in [0.4, 0.5) is 5.82 Å². The first-order valence-electron chi connectivity index (χ1n) is 5.75. The SMILES string of the molecule is C/C(=N\Nc1cc(C)nc2ncnn12)c1ccco1. The molecule has 0 aliphatic carbocycles. The minimum absolute atomic E-state index is 0.536. The molecule has 0 saturated carbocycles. The van der Waals surface area contributed by atoms with Gasteiger partial charge in [-0.05, 0) is 26.0 Å². The first-order chi connectivity index (χ1) is 9.24. The topological polar surface area (TPSA) is 80.6 Å². The number of anilines is 1. The third-order valence-corrected chi connectivity index (χ3v) is 2.60. The van der Waals surface area contributed by atoms with Gasteiger partial charge in [-0.15, -0.1) is 0 Å². The third-order valence-electron chi connectivity index (χ3n) is 2.60. The molecule has 0 amide bonds. The van der Waals surface area contributed by atoms with Crippen LogP contribution in [-0.4, -0.2) is 25.3 Å². The summed E-state index contributed by atoms with van der Waals surface area (Å²) in [7, 11) is 0. The molecule has 0 bridgehead atoms. The molecule has 3 rings (SSSR count). The van der Waals surface area contributed by atoms with Crippen LogP contribution < -0.4 is 5.43 Å². The minimum Gasteiger partial charge on any atom is -0.463 e. The Kier molecular flexibility index (Phi) is 2.71. The van der Waals surface area contributed by atoms with Gasteiger partial charge >= 0.3 is 0 Å². The van der Waals surface area contributed by atoms with Gasteiger partial charge in [0.2, 0.25) is 0 Å². The largest absolute Gasteiger partial charge is 0.463 e. The summed E-state index contributed by atoms with van der Waals surface area (Å²) in [6, 6.07) is 5.52. The average molecular weight is 256 g/mol. The fourth-order valence-electron chi connectivity index (χ4n) is 1.69. The zero-order chi connectivity index (χ0) is 13.2. The smallest absolute Gasteiger partial charge is 0.254 e. The van der Waals surface area contributed by atoms with Crippen LogP contribution in [0.3, 0.4) is 0 Å². The van der Waals surface area contributed by atoms with Crippen molar-refractivity contribution in [2.75, 3.05) is 5.43 Å². The maximum atomic E-state index is 5.26. The molecule has 0 fully saturated rings. The predicted octanol–water partition coefficient (Wildman–Crippen LogP) is 1.86. The molecule has 0 aliphatic rings. The van der Waals surface area contributed by atoms with E-state index in [4.69, 9.17) is 4.42 Å². The molecule has 0 radical (unpaired) electrons. The van der Waals surface area contributed by atoms with E-state index >= 15 is 0 Å². The molecule has 7 nitrogen and oxygen atoms in total. The highest BCUT2D eigenvalue weighted by atomic mass is 16.3. The molecule has 1 N–H and O–H groups in total. The van der Waals surface area contributed by atoms with Gasteiger partial charge in [-0.3, -0.25) is 5.43 Å². The van der Waals surface area contributed by atoms with E-state index in [-0.39, 0.29) is 0 Å². The number of aromatic nitrogens is 4. The highest BCUT2D eigenvalue weighted by Gasteiger charge is 2.05. The number of fused-ring (bicyclic) bond motifs is 1. The second-order valence-corrected chi connectivity index (χ2v) is 4.04. The lowest BCUT2D eigenvalue weighted by atomic mass is 10.3. The number of furan rings is 1. The second-order valence-electron chi connectivity index (χ2n) is 4.04. The number of aryl methyl sites for hydroxylation is 1. The van der Waals surface area contributed by atoms with Crippen molar-refractivity contribution in [3.8, 4) is 0 Å². The van der Waals surface area contributed by atoms with E-state index in [9.17, 15) is 0 Å². The molecule has 0 aromatic carbocycles. The van der Waals surface area contributed by atoms with Crippen LogP contribution in [0.15, 0.2) is 40.3 Å². The number of nitrogens with zero attached hydrogens (tertiary/aromatic N) is 5. The molecular weight excluding hydrogens is 244 g/mol. The number of rotatable bonds is 3. The average Bonchev–Trinajstić information content (AvgIpc) is 3.05. The zero-order valence-electron chi connectivity index (χ0n) is 10.5. The van der Waals surface area contributed by atoms with Crippen LogP contribution in [0.5, 0.6) is 0 Å². The highest BCUT2D eigenvalue weighted by Crippen LogP contribution is 2.10. The maximum absolute atomic E-state index is 5.26. The first kappa shape index (κ1) is 11.4. The normalized spacial score (nSPS) is 12.0. The monoisotopic (exact) mass is 256 g/mol. The van der Waals surface area contributed by atoms with Crippen LogP contribution in [0, 0.1) is 6.92 Å². The molecule has 0 aliphatic heterocycles. The van der Waals surface area contributed by atoms with E-state index in [0.29, 0.717) is 17.4 Å². The molecule has 3 aromatic heterocycles. The van der Waals surface area contributed by atoms with Gasteiger partial charge in [0.25, 0.3) is 5.78 Å². The van der Waals surface area contributed by atoms with Crippen molar-refractivity contribution in [3.63, 3.8) is 0 Å². The Morgan fingerprint density at radius 3 is 3.16 bits per heavy atom. The summed E-state index contributed by atoms with van der Waals surface area (Å²) in [4.78, 5) is 8.31. The van der Waals surface area contributed by atoms with Gasteiger partial charge in [0.15, 0.2) is 5.82 Å². The van der Waals surface area contributed by atoms with Crippen molar-refractivity contribution < 1.29 is 4.42 Å². The summed E-state index contributed by atoms with van der Waals surface area (Å²) in [6.45, 7) is 3.75. The third kappa shape index (κ3) is 2.17. The van der Waals surface area contributed by atoms with E-state index in [0.717, 1.165) is 11.4 Å². The van der Waals surface area contributed by atoms with Crippen LogP contribution in [0.2, 0.25) is 0 Å². The zero-order valence-corrected chi connectivity index (χ0v) is 10.5. The summed E-state index contributed by atoms with van der Waals surface area (Å²) >= 11 is 0. The quantitative estimate of drug-likeness (QED) is 0.571. The van der Waals surface area contributed by atoms with Crippen molar-refractivity contribution >= 4 is 17.3 Å². The van der Waals surface area contributed by atoms with Crippen molar-refractivity contribution in [2.24, 2.45) is 5.10 Å². The van der Waals surface area contributed by atoms with Gasteiger partial charge in [0.05, 0.1) is 6.26 Å². The van der Waals surface area contributed by atoms with Crippen LogP contribution >= 0.6 is 0 Å². The van der Waals surface area contributed by atoms with Gasteiger partial charge in [-0.2, -0.15) is 19.7 Å². The van der Waals surface area contributed by atoms with Gasteiger partial charge in [-0.25, -0.2) is 4.98 Å². The number of hydrogen-bond acceptors (Lipinski definition) is 6. The molecule has 3 heterocycles. The van der Waals surface area contributed by atoms with E-state index in [1.54, 1.807) is 10.8 Å². The van der Waals surface area contributed by atoms with Gasteiger partial charge in [0, 0.05) is 11.8 Å². The fraction of sp³-hybridized carbons (Fsp3) is 0.167. The van der Waals surface area contributed by atoms with Gasteiger partial charge < -0.3 is 4.42 Å². The summed E-state index contributed by atoms with van der Waals surface area (Å²) in [6.07, 6.45) is 3.07. The van der Waals surface area contributed by atoms with Gasteiger partial charge in [-0.1, -0.05) is 0 Å². The minimum atomic E-state index is 0.536. The Bertz CT molecular complexity index is 728. The van der Waals surface area contributed by atoms with Crippen LogP contribution in [-0.2, 0) is 0 Å². The van der Waals surface area contributed by atoms with E-state index in [1.807, 2.05) is 32.0 Å². The molecular formula is C12H12N6O. The maximum Gasteiger partial charge on any atom is 0.254 e. The van der Waals surface area contributed by atoms with Crippen molar-refractivity contribution in [1.82, 2.24) is 19.6 Å². The van der Waals surface area contributed by atoms with Crippen LogP contribution in [0.25, 0.3) is 5.78 Å². The van der Waals surface area contributed by atoms with Gasteiger partial charge in [0.1, 0.15) is 17.8 Å². The van der Waals surface area contributed by atoms with Crippen molar-refractivity contribution in [2.45, 2.75) is 13.8 Å². The summed E-state index contributed by atoms with van der Waals surface area (Å²) in [5.41, 5.74) is 4.54. The Balaban J connectivity index is 1.93. The lowest BCUT2D eigenvalue weighted by molar-refractivity contribution is 0.557. The predicted molar refractivity (Wildman–Crippen MR) is 70.1 cm³/mol. The molecule has 0 atom stereocenters. The highest BCUT2D eigenvalue weighted by molar-refractivity contribution is 5.96. The number of hydrazone groups is 1. The molecule has 96 valence electrons. The summed E-state index contributed by atoms with van der Waals surface area (Å²) < 4.78 is 6.85. The molecule has 7 heteroatoms. The number of hydrogen-bond donors (Lipinski definition) is 1. The van der Waals surface area contributed by atoms with Crippen molar-refractivity contribution in [1.29, 1.82) is 0 Å². The molecule has 0 unspecified atom stereocenters. The Morgan fingerprint density at radius 1 is 1.47 bits per heavy atom. The standard InChI is InChI=1S/C12H12N6O/c1-8-6-11(18-12(15-8)13-7-14-18)17-16-9(2)10-4-3-5-19-10/h3-7,17H,1-2H3/b16-9+. The summed E-state index contributed by atoms with van der Waals surface area (Å²) in [5.74, 6) is 1.95. The fourth-order valence-corrected chi connectivity index (χ4v) is 1.69. The molecule has 3 aromatic rings. The summed E-state index contributed by atoms with van der Waals surface area (Å²) in [5, 5.41) is 8.35. The van der Waals surface area contributed by atoms with E-state index in [2.05, 4.69) is 25.6 Å². The lowest BCUT2D eigenvalue weighted by Gasteiger charge is -2.04. The van der Waals surface area contributed by atoms with E-state index < -0.39 is 0 Å². The van der Waals surface area contributed by atoms with E-state index in [1.165, 1.54) is 6.33 Å². The number of nitrogens with one attached hydrogen (secondary N) is 1. The Labute approximate surface area is 109 Å². The van der Waals surface area contributed by atoms with Crippen molar-refractivity contribution in [3.05, 3.63) is 42.2 Å². The Morgan fingerprint density at radius 2 is 2.37 bits per heavy atom. The first-order valence-corrected chi connectivity index (χ1v) is 5.75. The lowest BCUT2D eigenvalue weighted by Crippen LogP contribution is -2.04. The van der Waals surface area contributed by atoms with Crippen LogP contribution in [0.1, 0.15) is 18.4 Å². The molecule has 0 saturated heterocycles. The second kappa shape index (κ2) is 4.52. The Hall–Kier alpha value is -2.70. The molecule has 19 heavy (non-hydrogen) atoms.